The molecule has 1 aliphatic heterocycles. The van der Waals surface area contributed by atoms with Crippen LogP contribution in [-0.4, -0.2) is 33.3 Å². The first-order valence-electron chi connectivity index (χ1n) is 10.2. The lowest BCUT2D eigenvalue weighted by Crippen LogP contribution is -2.49. The highest BCUT2D eigenvalue weighted by Crippen LogP contribution is 2.41. The molecule has 4 rings (SSSR count). The molecule has 2 saturated carbocycles. The van der Waals surface area contributed by atoms with E-state index in [2.05, 4.69) is 20.1 Å². The smallest absolute Gasteiger partial charge is 0.223 e. The van der Waals surface area contributed by atoms with E-state index in [4.69, 9.17) is 5.73 Å². The fourth-order valence-corrected chi connectivity index (χ4v) is 5.18. The minimum atomic E-state index is 0.158. The van der Waals surface area contributed by atoms with Crippen molar-refractivity contribution < 1.29 is 4.79 Å². The number of amides is 1. The van der Waals surface area contributed by atoms with Crippen LogP contribution in [0.25, 0.3) is 0 Å². The zero-order chi connectivity index (χ0) is 17.2. The lowest BCUT2D eigenvalue weighted by atomic mass is 9.65. The van der Waals surface area contributed by atoms with Gasteiger partial charge in [-0.3, -0.25) is 4.79 Å². The average molecular weight is 345 g/mol. The van der Waals surface area contributed by atoms with E-state index in [0.717, 1.165) is 43.9 Å². The summed E-state index contributed by atoms with van der Waals surface area (Å²) < 4.78 is 2.27. The number of fused-ring (bicyclic) bond motifs is 3. The van der Waals surface area contributed by atoms with E-state index in [1.165, 1.54) is 38.5 Å². The molecule has 0 radical (unpaired) electrons. The van der Waals surface area contributed by atoms with Gasteiger partial charge < -0.3 is 15.6 Å². The summed E-state index contributed by atoms with van der Waals surface area (Å²) >= 11 is 0. The van der Waals surface area contributed by atoms with Crippen molar-refractivity contribution in [2.75, 3.05) is 6.54 Å². The van der Waals surface area contributed by atoms with Crippen LogP contribution in [0.3, 0.4) is 0 Å². The second-order valence-corrected chi connectivity index (χ2v) is 8.23. The number of aryl methyl sites for hydroxylation is 1. The molecule has 0 spiro atoms. The van der Waals surface area contributed by atoms with Crippen molar-refractivity contribution in [2.24, 2.45) is 23.5 Å². The van der Waals surface area contributed by atoms with Gasteiger partial charge in [0.1, 0.15) is 11.6 Å². The molecule has 1 aromatic rings. The zero-order valence-electron chi connectivity index (χ0n) is 15.1. The molecular formula is C19H31N5O. The third-order valence-electron chi connectivity index (χ3n) is 6.62. The number of nitrogens with zero attached hydrogens (tertiary/aromatic N) is 3. The van der Waals surface area contributed by atoms with Crippen molar-refractivity contribution in [2.45, 2.75) is 76.8 Å². The van der Waals surface area contributed by atoms with E-state index in [0.29, 0.717) is 24.4 Å². The Morgan fingerprint density at radius 1 is 1.12 bits per heavy atom. The molecule has 138 valence electrons. The molecule has 2 atom stereocenters. The summed E-state index contributed by atoms with van der Waals surface area (Å²) in [5, 5.41) is 11.8. The van der Waals surface area contributed by atoms with E-state index in [-0.39, 0.29) is 11.8 Å². The number of aromatic nitrogens is 3. The Hall–Kier alpha value is -1.43. The summed E-state index contributed by atoms with van der Waals surface area (Å²) in [4.78, 5) is 12.6. The SMILES string of the molecule is NC1C2CCCC1CC(C(=O)NCCc1nnc3n1CCCCC3)C2. The Balaban J connectivity index is 1.29. The van der Waals surface area contributed by atoms with Crippen LogP contribution in [0.2, 0.25) is 0 Å². The van der Waals surface area contributed by atoms with Crippen LogP contribution >= 0.6 is 0 Å². The number of nitrogens with two attached hydrogens (primary N) is 1. The number of rotatable bonds is 4. The fraction of sp³-hybridized carbons (Fsp3) is 0.842. The Bertz CT molecular complexity index is 599. The summed E-state index contributed by atoms with van der Waals surface area (Å²) in [6, 6.07) is 0.323. The lowest BCUT2D eigenvalue weighted by Gasteiger charge is -2.43. The first-order chi connectivity index (χ1) is 12.2. The van der Waals surface area contributed by atoms with Gasteiger partial charge in [0, 0.05) is 37.9 Å². The summed E-state index contributed by atoms with van der Waals surface area (Å²) in [5.41, 5.74) is 6.34. The number of nitrogens with one attached hydrogen (secondary N) is 1. The highest BCUT2D eigenvalue weighted by molar-refractivity contribution is 5.78. The largest absolute Gasteiger partial charge is 0.355 e. The van der Waals surface area contributed by atoms with Crippen molar-refractivity contribution in [3.05, 3.63) is 11.6 Å². The molecule has 1 amide bonds. The molecule has 0 saturated heterocycles. The maximum atomic E-state index is 12.6. The van der Waals surface area contributed by atoms with Crippen LogP contribution in [0.1, 0.15) is 63.0 Å². The summed E-state index contributed by atoms with van der Waals surface area (Å²) in [5.74, 6) is 3.63. The van der Waals surface area contributed by atoms with Crippen LogP contribution < -0.4 is 11.1 Å². The van der Waals surface area contributed by atoms with Gasteiger partial charge in [0.05, 0.1) is 0 Å². The van der Waals surface area contributed by atoms with E-state index >= 15 is 0 Å². The minimum Gasteiger partial charge on any atom is -0.355 e. The minimum absolute atomic E-state index is 0.158. The van der Waals surface area contributed by atoms with Gasteiger partial charge in [0.15, 0.2) is 0 Å². The summed E-state index contributed by atoms with van der Waals surface area (Å²) in [6.07, 6.45) is 11.1. The molecule has 3 aliphatic rings. The van der Waals surface area contributed by atoms with E-state index < -0.39 is 0 Å². The van der Waals surface area contributed by atoms with Crippen LogP contribution in [0, 0.1) is 17.8 Å². The van der Waals surface area contributed by atoms with E-state index in [9.17, 15) is 4.79 Å². The molecule has 6 heteroatoms. The number of hydrogen-bond acceptors (Lipinski definition) is 4. The van der Waals surface area contributed by atoms with E-state index in [1.54, 1.807) is 0 Å². The van der Waals surface area contributed by atoms with Gasteiger partial charge in [-0.1, -0.05) is 12.8 Å². The molecule has 2 bridgehead atoms. The maximum Gasteiger partial charge on any atom is 0.223 e. The zero-order valence-corrected chi connectivity index (χ0v) is 15.1. The molecular weight excluding hydrogens is 314 g/mol. The topological polar surface area (TPSA) is 85.8 Å². The van der Waals surface area contributed by atoms with E-state index in [1.807, 2.05) is 0 Å². The molecule has 2 heterocycles. The summed E-state index contributed by atoms with van der Waals surface area (Å²) in [6.45, 7) is 1.68. The number of carbonyl (C=O) groups is 1. The molecule has 2 aliphatic carbocycles. The van der Waals surface area contributed by atoms with Crippen LogP contribution in [0.5, 0.6) is 0 Å². The standard InChI is InChI=1S/C19H31N5O/c20-18-13-5-4-6-14(18)12-15(11-13)19(25)21-9-8-17-23-22-16-7-2-1-3-10-24(16)17/h13-15,18H,1-12,20H2,(H,21,25). The highest BCUT2D eigenvalue weighted by atomic mass is 16.1. The predicted octanol–water partition coefficient (Wildman–Crippen LogP) is 1.82. The third-order valence-corrected chi connectivity index (χ3v) is 6.62. The van der Waals surface area contributed by atoms with Gasteiger partial charge in [-0.25, -0.2) is 0 Å². The van der Waals surface area contributed by atoms with Crippen molar-refractivity contribution >= 4 is 5.91 Å². The number of carbonyl (C=O) groups excluding carboxylic acids is 1. The van der Waals surface area contributed by atoms with Crippen LogP contribution in [0.4, 0.5) is 0 Å². The highest BCUT2D eigenvalue weighted by Gasteiger charge is 2.40. The summed E-state index contributed by atoms with van der Waals surface area (Å²) in [7, 11) is 0. The average Bonchev–Trinajstić information content (AvgIpc) is 2.82. The fourth-order valence-electron chi connectivity index (χ4n) is 5.18. The second-order valence-electron chi connectivity index (χ2n) is 8.23. The van der Waals surface area contributed by atoms with Gasteiger partial charge in [-0.05, 0) is 50.4 Å². The molecule has 2 fully saturated rings. The van der Waals surface area contributed by atoms with Gasteiger partial charge in [0.2, 0.25) is 5.91 Å². The van der Waals surface area contributed by atoms with Gasteiger partial charge in [0.25, 0.3) is 0 Å². The molecule has 2 unspecified atom stereocenters. The number of hydrogen-bond donors (Lipinski definition) is 2. The second kappa shape index (κ2) is 7.44. The monoisotopic (exact) mass is 345 g/mol. The van der Waals surface area contributed by atoms with Gasteiger partial charge >= 0.3 is 0 Å². The van der Waals surface area contributed by atoms with Crippen molar-refractivity contribution in [3.8, 4) is 0 Å². The predicted molar refractivity (Wildman–Crippen MR) is 95.8 cm³/mol. The third kappa shape index (κ3) is 3.59. The van der Waals surface area contributed by atoms with Gasteiger partial charge in [-0.2, -0.15) is 0 Å². The Kier molecular flexibility index (Phi) is 5.06. The Morgan fingerprint density at radius 2 is 1.92 bits per heavy atom. The Morgan fingerprint density at radius 3 is 2.72 bits per heavy atom. The Labute approximate surface area is 149 Å². The van der Waals surface area contributed by atoms with Crippen LogP contribution in [-0.2, 0) is 24.2 Å². The first kappa shape index (κ1) is 17.0. The van der Waals surface area contributed by atoms with Crippen molar-refractivity contribution in [1.29, 1.82) is 0 Å². The normalized spacial score (nSPS) is 31.9. The van der Waals surface area contributed by atoms with Gasteiger partial charge in [-0.15, -0.1) is 10.2 Å². The first-order valence-corrected chi connectivity index (χ1v) is 10.2. The van der Waals surface area contributed by atoms with Crippen LogP contribution in [0.15, 0.2) is 0 Å². The lowest BCUT2D eigenvalue weighted by molar-refractivity contribution is -0.127. The quantitative estimate of drug-likeness (QED) is 0.871. The molecule has 25 heavy (non-hydrogen) atoms. The molecule has 1 aromatic heterocycles. The maximum absolute atomic E-state index is 12.6. The van der Waals surface area contributed by atoms with Crippen molar-refractivity contribution in [1.82, 2.24) is 20.1 Å². The molecule has 0 aromatic carbocycles. The molecule has 6 nitrogen and oxygen atoms in total. The molecule has 3 N–H and O–H groups in total. The van der Waals surface area contributed by atoms with Crippen molar-refractivity contribution in [3.63, 3.8) is 0 Å².